The summed E-state index contributed by atoms with van der Waals surface area (Å²) in [4.78, 5) is 0. The molecule has 4 heteroatoms. The van der Waals surface area contributed by atoms with Crippen LogP contribution in [0.25, 0.3) is 0 Å². The van der Waals surface area contributed by atoms with Crippen LogP contribution in [0.4, 0.5) is 0 Å². The summed E-state index contributed by atoms with van der Waals surface area (Å²) in [5.74, 6) is 2.97. The summed E-state index contributed by atoms with van der Waals surface area (Å²) < 4.78 is 11.1. The second-order valence-electron chi connectivity index (χ2n) is 5.80. The Morgan fingerprint density at radius 2 is 1.90 bits per heavy atom. The molecule has 1 aromatic rings. The van der Waals surface area contributed by atoms with Crippen LogP contribution in [0.5, 0.6) is 11.5 Å². The van der Waals surface area contributed by atoms with Gasteiger partial charge >= 0.3 is 0 Å². The van der Waals surface area contributed by atoms with Crippen molar-refractivity contribution in [3.63, 3.8) is 0 Å². The molecule has 21 heavy (non-hydrogen) atoms. The van der Waals surface area contributed by atoms with Crippen molar-refractivity contribution < 1.29 is 9.47 Å². The Kier molecular flexibility index (Phi) is 5.82. The van der Waals surface area contributed by atoms with Crippen LogP contribution in [0.15, 0.2) is 18.2 Å². The Hall–Kier alpha value is -0.870. The van der Waals surface area contributed by atoms with Crippen molar-refractivity contribution in [3.05, 3.63) is 23.8 Å². The Bertz CT molecular complexity index is 436. The highest BCUT2D eigenvalue weighted by molar-refractivity contribution is 8.00. The first kappa shape index (κ1) is 16.5. The minimum atomic E-state index is 0.243. The summed E-state index contributed by atoms with van der Waals surface area (Å²) in [7, 11) is 3.41. The van der Waals surface area contributed by atoms with Crippen molar-refractivity contribution in [1.29, 1.82) is 0 Å². The van der Waals surface area contributed by atoms with Gasteiger partial charge in [0.15, 0.2) is 0 Å². The fraction of sp³-hybridized carbons (Fsp3) is 0.647. The zero-order valence-electron chi connectivity index (χ0n) is 13.6. The molecule has 0 spiro atoms. The smallest absolute Gasteiger partial charge is 0.122 e. The molecular formula is C17H27NO2S. The molecule has 1 saturated heterocycles. The van der Waals surface area contributed by atoms with Gasteiger partial charge in [0.2, 0.25) is 0 Å². The number of thioether (sulfide) groups is 1. The minimum absolute atomic E-state index is 0.243. The third kappa shape index (κ3) is 3.86. The lowest BCUT2D eigenvalue weighted by molar-refractivity contribution is 0.382. The molecule has 2 rings (SSSR count). The van der Waals surface area contributed by atoms with Crippen molar-refractivity contribution in [1.82, 2.24) is 5.32 Å². The predicted octanol–water partition coefficient (Wildman–Crippen LogP) is 4.03. The largest absolute Gasteiger partial charge is 0.497 e. The van der Waals surface area contributed by atoms with Crippen molar-refractivity contribution in [2.75, 3.05) is 26.5 Å². The Morgan fingerprint density at radius 1 is 1.24 bits per heavy atom. The standard InChI is InChI=1S/C17H27NO2S/c1-5-8-18-16(17(2)7-6-9-21-17)13-10-14(19-3)12-15(11-13)20-4/h10-12,16,18H,5-9H2,1-4H3. The van der Waals surface area contributed by atoms with Crippen LogP contribution in [0.1, 0.15) is 44.7 Å². The second-order valence-corrected chi connectivity index (χ2v) is 7.43. The van der Waals surface area contributed by atoms with Gasteiger partial charge in [-0.05, 0) is 56.2 Å². The van der Waals surface area contributed by atoms with Gasteiger partial charge in [-0.1, -0.05) is 6.92 Å². The highest BCUT2D eigenvalue weighted by atomic mass is 32.2. The number of rotatable bonds is 7. The van der Waals surface area contributed by atoms with E-state index in [1.807, 2.05) is 6.07 Å². The summed E-state index contributed by atoms with van der Waals surface area (Å²) in [6.07, 6.45) is 3.68. The van der Waals surface area contributed by atoms with E-state index < -0.39 is 0 Å². The first-order valence-electron chi connectivity index (χ1n) is 7.73. The van der Waals surface area contributed by atoms with E-state index in [1.165, 1.54) is 24.2 Å². The molecule has 0 amide bonds. The molecule has 2 atom stereocenters. The maximum atomic E-state index is 5.43. The average Bonchev–Trinajstić information content (AvgIpc) is 2.94. The topological polar surface area (TPSA) is 30.5 Å². The van der Waals surface area contributed by atoms with Crippen molar-refractivity contribution in [2.24, 2.45) is 0 Å². The maximum Gasteiger partial charge on any atom is 0.122 e. The molecule has 3 nitrogen and oxygen atoms in total. The van der Waals surface area contributed by atoms with E-state index in [4.69, 9.17) is 9.47 Å². The monoisotopic (exact) mass is 309 g/mol. The third-order valence-electron chi connectivity index (χ3n) is 4.17. The number of ether oxygens (including phenoxy) is 2. The lowest BCUT2D eigenvalue weighted by Crippen LogP contribution is -2.38. The molecule has 1 fully saturated rings. The van der Waals surface area contributed by atoms with Crippen LogP contribution in [0.3, 0.4) is 0 Å². The fourth-order valence-corrected chi connectivity index (χ4v) is 4.43. The van der Waals surface area contributed by atoms with Crippen LogP contribution in [0, 0.1) is 0 Å². The van der Waals surface area contributed by atoms with Gasteiger partial charge in [-0.15, -0.1) is 0 Å². The zero-order chi connectivity index (χ0) is 15.3. The summed E-state index contributed by atoms with van der Waals surface area (Å²) in [5, 5.41) is 3.74. The van der Waals surface area contributed by atoms with Crippen molar-refractivity contribution >= 4 is 11.8 Å². The van der Waals surface area contributed by atoms with Crippen LogP contribution in [-0.4, -0.2) is 31.3 Å². The number of benzene rings is 1. The second kappa shape index (κ2) is 7.41. The van der Waals surface area contributed by atoms with Crippen molar-refractivity contribution in [3.8, 4) is 11.5 Å². The molecule has 1 aliphatic rings. The van der Waals surface area contributed by atoms with E-state index in [2.05, 4.69) is 43.1 Å². The summed E-state index contributed by atoms with van der Waals surface area (Å²) >= 11 is 2.08. The van der Waals surface area contributed by atoms with Gasteiger partial charge in [-0.2, -0.15) is 11.8 Å². The summed E-state index contributed by atoms with van der Waals surface area (Å²) in [6.45, 7) is 5.62. The molecule has 1 aliphatic heterocycles. The first-order valence-corrected chi connectivity index (χ1v) is 8.72. The molecule has 0 saturated carbocycles. The molecule has 0 radical (unpaired) electrons. The first-order chi connectivity index (χ1) is 10.1. The molecule has 1 N–H and O–H groups in total. The molecule has 1 heterocycles. The van der Waals surface area contributed by atoms with Crippen LogP contribution in [-0.2, 0) is 0 Å². The molecule has 0 aliphatic carbocycles. The molecule has 0 aromatic heterocycles. The van der Waals surface area contributed by atoms with Gasteiger partial charge in [0, 0.05) is 16.9 Å². The molecule has 118 valence electrons. The summed E-state index contributed by atoms with van der Waals surface area (Å²) in [5.41, 5.74) is 1.26. The molecule has 1 aromatic carbocycles. The lowest BCUT2D eigenvalue weighted by Gasteiger charge is -2.35. The number of nitrogens with one attached hydrogen (secondary N) is 1. The van der Waals surface area contributed by atoms with Gasteiger partial charge in [0.25, 0.3) is 0 Å². The highest BCUT2D eigenvalue weighted by Gasteiger charge is 2.38. The SMILES string of the molecule is CCCNC(c1cc(OC)cc(OC)c1)C1(C)CCCS1. The van der Waals surface area contributed by atoms with E-state index in [1.54, 1.807) is 14.2 Å². The third-order valence-corrected chi connectivity index (χ3v) is 5.76. The van der Waals surface area contributed by atoms with E-state index in [-0.39, 0.29) is 4.75 Å². The van der Waals surface area contributed by atoms with Crippen LogP contribution in [0.2, 0.25) is 0 Å². The molecule has 0 bridgehead atoms. The maximum absolute atomic E-state index is 5.43. The van der Waals surface area contributed by atoms with Crippen LogP contribution >= 0.6 is 11.8 Å². The Morgan fingerprint density at radius 3 is 2.38 bits per heavy atom. The van der Waals surface area contributed by atoms with E-state index >= 15 is 0 Å². The van der Waals surface area contributed by atoms with Gasteiger partial charge in [-0.3, -0.25) is 0 Å². The Balaban J connectivity index is 2.35. The highest BCUT2D eigenvalue weighted by Crippen LogP contribution is 2.47. The predicted molar refractivity (Wildman–Crippen MR) is 90.7 cm³/mol. The minimum Gasteiger partial charge on any atom is -0.497 e. The van der Waals surface area contributed by atoms with E-state index in [0.29, 0.717) is 6.04 Å². The van der Waals surface area contributed by atoms with Gasteiger partial charge in [-0.25, -0.2) is 0 Å². The van der Waals surface area contributed by atoms with Crippen LogP contribution < -0.4 is 14.8 Å². The quantitative estimate of drug-likeness (QED) is 0.824. The molecule has 2 unspecified atom stereocenters. The van der Waals surface area contributed by atoms with Gasteiger partial charge in [0.05, 0.1) is 14.2 Å². The number of methoxy groups -OCH3 is 2. The van der Waals surface area contributed by atoms with Crippen molar-refractivity contribution in [2.45, 2.75) is 43.9 Å². The normalized spacial score (nSPS) is 23.0. The lowest BCUT2D eigenvalue weighted by atomic mass is 9.90. The van der Waals surface area contributed by atoms with Gasteiger partial charge < -0.3 is 14.8 Å². The number of hydrogen-bond donors (Lipinski definition) is 1. The fourth-order valence-electron chi connectivity index (χ4n) is 3.00. The number of hydrogen-bond acceptors (Lipinski definition) is 4. The van der Waals surface area contributed by atoms with E-state index in [0.717, 1.165) is 24.5 Å². The van der Waals surface area contributed by atoms with Gasteiger partial charge in [0.1, 0.15) is 11.5 Å². The summed E-state index contributed by atoms with van der Waals surface area (Å²) in [6, 6.07) is 6.54. The zero-order valence-corrected chi connectivity index (χ0v) is 14.4. The average molecular weight is 309 g/mol. The Labute approximate surface area is 132 Å². The van der Waals surface area contributed by atoms with E-state index in [9.17, 15) is 0 Å². The molecular weight excluding hydrogens is 282 g/mol.